The van der Waals surface area contributed by atoms with Crippen molar-refractivity contribution in [3.8, 4) is 0 Å². The maximum atomic E-state index is 4.11. The van der Waals surface area contributed by atoms with Gasteiger partial charge in [-0.15, -0.1) is 0 Å². The predicted octanol–water partition coefficient (Wildman–Crippen LogP) is 3.80. The lowest BCUT2D eigenvalue weighted by atomic mass is 10.2. The van der Waals surface area contributed by atoms with E-state index in [-0.39, 0.29) is 0 Å². The second-order valence-electron chi connectivity index (χ2n) is 2.80. The summed E-state index contributed by atoms with van der Waals surface area (Å²) in [4.78, 5) is 0. The molecular formula is C13H14S. The first-order valence-electron chi connectivity index (χ1n) is 4.58. The van der Waals surface area contributed by atoms with Gasteiger partial charge in [-0.3, -0.25) is 0 Å². The van der Waals surface area contributed by atoms with Crippen molar-refractivity contribution in [3.63, 3.8) is 0 Å². The average Bonchev–Trinajstić information content (AvgIpc) is 2.33. The van der Waals surface area contributed by atoms with Gasteiger partial charge in [-0.1, -0.05) is 66.7 Å². The summed E-state index contributed by atoms with van der Waals surface area (Å²) >= 11 is 4.11. The minimum absolute atomic E-state index is 0.834. The molecule has 0 bridgehead atoms. The van der Waals surface area contributed by atoms with E-state index in [1.165, 1.54) is 5.56 Å². The summed E-state index contributed by atoms with van der Waals surface area (Å²) in [5.74, 6) is 0.834. The minimum atomic E-state index is 0.834. The molecule has 0 aliphatic carbocycles. The lowest BCUT2D eigenvalue weighted by Crippen LogP contribution is -1.71. The molecule has 0 atom stereocenters. The fraction of sp³-hybridized carbons (Fsp3) is 0.0769. The van der Waals surface area contributed by atoms with E-state index in [2.05, 4.69) is 24.8 Å². The van der Waals surface area contributed by atoms with Gasteiger partial charge < -0.3 is 0 Å². The molecule has 72 valence electrons. The maximum absolute atomic E-state index is 4.11. The molecule has 0 saturated carbocycles. The van der Waals surface area contributed by atoms with Gasteiger partial charge in [0.05, 0.1) is 0 Å². The minimum Gasteiger partial charge on any atom is -0.175 e. The molecule has 2 aromatic carbocycles. The van der Waals surface area contributed by atoms with Crippen LogP contribution in [0.15, 0.2) is 66.7 Å². The van der Waals surface area contributed by atoms with Crippen LogP contribution < -0.4 is 0 Å². The largest absolute Gasteiger partial charge is 0.175 e. The first kappa shape index (κ1) is 10.9. The molecule has 2 rings (SSSR count). The molecule has 0 unspecified atom stereocenters. The van der Waals surface area contributed by atoms with Crippen LogP contribution in [0.25, 0.3) is 0 Å². The van der Waals surface area contributed by atoms with E-state index in [1.54, 1.807) is 0 Å². The zero-order valence-corrected chi connectivity index (χ0v) is 8.90. The van der Waals surface area contributed by atoms with Crippen LogP contribution in [-0.2, 0) is 5.75 Å². The van der Waals surface area contributed by atoms with E-state index in [1.807, 2.05) is 54.6 Å². The molecule has 0 spiro atoms. The molecule has 0 N–H and O–H groups in total. The molecule has 0 radical (unpaired) electrons. The predicted molar refractivity (Wildman–Crippen MR) is 65.6 cm³/mol. The highest BCUT2D eigenvalue weighted by Crippen LogP contribution is 2.00. The van der Waals surface area contributed by atoms with Gasteiger partial charge >= 0.3 is 0 Å². The Morgan fingerprint density at radius 2 is 1.00 bits per heavy atom. The van der Waals surface area contributed by atoms with Gasteiger partial charge in [0, 0.05) is 5.75 Å². The van der Waals surface area contributed by atoms with E-state index >= 15 is 0 Å². The Morgan fingerprint density at radius 1 is 0.643 bits per heavy atom. The zero-order chi connectivity index (χ0) is 10.1. The van der Waals surface area contributed by atoms with Crippen molar-refractivity contribution < 1.29 is 0 Å². The normalized spacial score (nSPS) is 8.64. The molecule has 2 aromatic rings. The average molecular weight is 202 g/mol. The topological polar surface area (TPSA) is 0 Å². The third kappa shape index (κ3) is 4.73. The SMILES string of the molecule is SCc1ccccc1.c1ccccc1. The lowest BCUT2D eigenvalue weighted by molar-refractivity contribution is 1.43. The highest BCUT2D eigenvalue weighted by Gasteiger charge is 1.80. The molecule has 1 heteroatoms. The van der Waals surface area contributed by atoms with Gasteiger partial charge in [-0.2, -0.15) is 12.6 Å². The number of thiol groups is 1. The molecule has 0 saturated heterocycles. The van der Waals surface area contributed by atoms with Crippen molar-refractivity contribution >= 4 is 12.6 Å². The van der Waals surface area contributed by atoms with Gasteiger partial charge in [0.25, 0.3) is 0 Å². The number of benzene rings is 2. The van der Waals surface area contributed by atoms with E-state index in [4.69, 9.17) is 0 Å². The fourth-order valence-corrected chi connectivity index (χ4v) is 1.18. The summed E-state index contributed by atoms with van der Waals surface area (Å²) < 4.78 is 0. The Hall–Kier alpha value is -1.21. The van der Waals surface area contributed by atoms with Crippen LogP contribution in [0, 0.1) is 0 Å². The fourth-order valence-electron chi connectivity index (χ4n) is 0.968. The molecule has 0 aliphatic rings. The van der Waals surface area contributed by atoms with E-state index in [0.29, 0.717) is 0 Å². The van der Waals surface area contributed by atoms with E-state index in [0.717, 1.165) is 5.75 Å². The Kier molecular flexibility index (Phi) is 5.60. The number of rotatable bonds is 1. The Balaban J connectivity index is 0.000000146. The van der Waals surface area contributed by atoms with Crippen LogP contribution in [0.3, 0.4) is 0 Å². The second-order valence-corrected chi connectivity index (χ2v) is 3.11. The van der Waals surface area contributed by atoms with Gasteiger partial charge in [-0.05, 0) is 5.56 Å². The molecular weight excluding hydrogens is 188 g/mol. The molecule has 0 heterocycles. The second kappa shape index (κ2) is 7.22. The van der Waals surface area contributed by atoms with Crippen molar-refractivity contribution in [2.45, 2.75) is 5.75 Å². The molecule has 0 aromatic heterocycles. The van der Waals surface area contributed by atoms with Crippen molar-refractivity contribution in [3.05, 3.63) is 72.3 Å². The molecule has 14 heavy (non-hydrogen) atoms. The highest BCUT2D eigenvalue weighted by molar-refractivity contribution is 7.79. The molecule has 0 aliphatic heterocycles. The van der Waals surface area contributed by atoms with Crippen LogP contribution in [0.2, 0.25) is 0 Å². The standard InChI is InChI=1S/C7H8S.C6H6/c8-6-7-4-2-1-3-5-7;1-2-4-6-5-3-1/h1-5,8H,6H2;1-6H. The van der Waals surface area contributed by atoms with Crippen LogP contribution in [0.5, 0.6) is 0 Å². The van der Waals surface area contributed by atoms with Gasteiger partial charge in [0.1, 0.15) is 0 Å². The van der Waals surface area contributed by atoms with Gasteiger partial charge in [-0.25, -0.2) is 0 Å². The van der Waals surface area contributed by atoms with Crippen molar-refractivity contribution in [1.82, 2.24) is 0 Å². The monoisotopic (exact) mass is 202 g/mol. The third-order valence-corrected chi connectivity index (χ3v) is 2.06. The first-order valence-corrected chi connectivity index (χ1v) is 5.21. The summed E-state index contributed by atoms with van der Waals surface area (Å²) in [6, 6.07) is 22.2. The number of hydrogen-bond donors (Lipinski definition) is 1. The lowest BCUT2D eigenvalue weighted by Gasteiger charge is -1.89. The molecule has 0 nitrogen and oxygen atoms in total. The Labute approximate surface area is 91.0 Å². The Morgan fingerprint density at radius 3 is 1.29 bits per heavy atom. The maximum Gasteiger partial charge on any atom is 0.0154 e. The van der Waals surface area contributed by atoms with Crippen LogP contribution in [0.4, 0.5) is 0 Å². The zero-order valence-electron chi connectivity index (χ0n) is 8.01. The summed E-state index contributed by atoms with van der Waals surface area (Å²) in [5.41, 5.74) is 1.27. The quantitative estimate of drug-likeness (QED) is 0.668. The van der Waals surface area contributed by atoms with Crippen molar-refractivity contribution in [2.24, 2.45) is 0 Å². The number of hydrogen-bond acceptors (Lipinski definition) is 1. The third-order valence-electron chi connectivity index (χ3n) is 1.69. The summed E-state index contributed by atoms with van der Waals surface area (Å²) in [5, 5.41) is 0. The van der Waals surface area contributed by atoms with Crippen molar-refractivity contribution in [2.75, 3.05) is 0 Å². The highest BCUT2D eigenvalue weighted by atomic mass is 32.1. The molecule has 0 fully saturated rings. The smallest absolute Gasteiger partial charge is 0.0154 e. The Bertz CT molecular complexity index is 289. The van der Waals surface area contributed by atoms with E-state index in [9.17, 15) is 0 Å². The van der Waals surface area contributed by atoms with Crippen molar-refractivity contribution in [1.29, 1.82) is 0 Å². The molecule has 0 amide bonds. The first-order chi connectivity index (χ1) is 6.93. The van der Waals surface area contributed by atoms with E-state index < -0.39 is 0 Å². The van der Waals surface area contributed by atoms with Gasteiger partial charge in [0.15, 0.2) is 0 Å². The van der Waals surface area contributed by atoms with Crippen LogP contribution >= 0.6 is 12.6 Å². The summed E-state index contributed by atoms with van der Waals surface area (Å²) in [7, 11) is 0. The van der Waals surface area contributed by atoms with Gasteiger partial charge in [0.2, 0.25) is 0 Å². The van der Waals surface area contributed by atoms with Crippen LogP contribution in [0.1, 0.15) is 5.56 Å². The summed E-state index contributed by atoms with van der Waals surface area (Å²) in [6.07, 6.45) is 0. The van der Waals surface area contributed by atoms with Crippen LogP contribution in [-0.4, -0.2) is 0 Å². The summed E-state index contributed by atoms with van der Waals surface area (Å²) in [6.45, 7) is 0.